The average Bonchev–Trinajstić information content (AvgIpc) is 2.95. The number of carbonyl (C=O) groups is 2. The number of halogens is 3. The van der Waals surface area contributed by atoms with E-state index in [9.17, 15) is 27.9 Å². The van der Waals surface area contributed by atoms with E-state index < -0.39 is 17.6 Å². The highest BCUT2D eigenvalue weighted by atomic mass is 32.1. The second kappa shape index (κ2) is 8.99. The first-order valence-electron chi connectivity index (χ1n) is 9.37. The number of aromatic carboxylic acids is 1. The highest BCUT2D eigenvalue weighted by molar-refractivity contribution is 7.15. The molecule has 1 aliphatic rings. The summed E-state index contributed by atoms with van der Waals surface area (Å²) in [5.74, 6) is 2.96. The molecule has 2 N–H and O–H groups in total. The number of rotatable bonds is 7. The third kappa shape index (κ3) is 5.07. The molecule has 1 fully saturated rings. The van der Waals surface area contributed by atoms with Crippen LogP contribution < -0.4 is 5.32 Å². The minimum absolute atomic E-state index is 0.0421. The number of thiophene rings is 1. The topological polar surface area (TPSA) is 66.4 Å². The number of carboxylic acid groups (broad SMARTS) is 1. The SMILES string of the molecule is CCCCC[C@H](C)C(=O)Nc1cc(C#CC2(C(F)(F)F)CCC2)sc1C(=O)O. The van der Waals surface area contributed by atoms with Gasteiger partial charge in [-0.15, -0.1) is 11.3 Å². The van der Waals surface area contributed by atoms with Crippen molar-refractivity contribution in [2.24, 2.45) is 11.3 Å². The van der Waals surface area contributed by atoms with Crippen molar-refractivity contribution in [2.75, 3.05) is 5.32 Å². The van der Waals surface area contributed by atoms with E-state index in [0.717, 1.165) is 30.6 Å². The maximum Gasteiger partial charge on any atom is 0.405 e. The van der Waals surface area contributed by atoms with Gasteiger partial charge in [0.1, 0.15) is 10.3 Å². The van der Waals surface area contributed by atoms with E-state index in [1.807, 2.05) is 0 Å². The van der Waals surface area contributed by atoms with Crippen LogP contribution in [0.3, 0.4) is 0 Å². The molecule has 0 aromatic carbocycles. The fourth-order valence-electron chi connectivity index (χ4n) is 2.98. The Morgan fingerprint density at radius 2 is 2.04 bits per heavy atom. The van der Waals surface area contributed by atoms with Gasteiger partial charge in [-0.05, 0) is 31.7 Å². The van der Waals surface area contributed by atoms with Crippen LogP contribution in [0.2, 0.25) is 0 Å². The van der Waals surface area contributed by atoms with Crippen molar-refractivity contribution < 1.29 is 27.9 Å². The summed E-state index contributed by atoms with van der Waals surface area (Å²) in [5.41, 5.74) is -1.92. The van der Waals surface area contributed by atoms with Crippen molar-refractivity contribution in [3.63, 3.8) is 0 Å². The zero-order valence-corrected chi connectivity index (χ0v) is 16.7. The van der Waals surface area contributed by atoms with Crippen molar-refractivity contribution >= 4 is 28.9 Å². The number of unbranched alkanes of at least 4 members (excludes halogenated alkanes) is 2. The predicted molar refractivity (Wildman–Crippen MR) is 102 cm³/mol. The Labute approximate surface area is 166 Å². The molecule has 0 aliphatic heterocycles. The third-order valence-corrected chi connectivity index (χ3v) is 6.09. The number of hydrogen-bond donors (Lipinski definition) is 2. The molecular formula is C20H24F3NO3S. The standard InChI is InChI=1S/C20H24F3NO3S/c1-3-4-5-7-13(2)17(25)24-15-12-14(28-16(15)18(26)27)8-11-19(9-6-10-19)20(21,22)23/h12-13H,3-7,9-10H2,1-2H3,(H,24,25)(H,26,27)/t13-/m0/s1. The van der Waals surface area contributed by atoms with Crippen LogP contribution >= 0.6 is 11.3 Å². The van der Waals surface area contributed by atoms with E-state index >= 15 is 0 Å². The van der Waals surface area contributed by atoms with Gasteiger partial charge in [0.25, 0.3) is 0 Å². The molecule has 1 aromatic heterocycles. The van der Waals surface area contributed by atoms with Gasteiger partial charge in [0.15, 0.2) is 0 Å². The fraction of sp³-hybridized carbons (Fsp3) is 0.600. The van der Waals surface area contributed by atoms with Crippen molar-refractivity contribution in [3.05, 3.63) is 15.8 Å². The summed E-state index contributed by atoms with van der Waals surface area (Å²) < 4.78 is 39.6. The van der Waals surface area contributed by atoms with Crippen LogP contribution in [0.4, 0.5) is 18.9 Å². The van der Waals surface area contributed by atoms with Gasteiger partial charge in [0, 0.05) is 5.92 Å². The Bertz CT molecular complexity index is 785. The Morgan fingerprint density at radius 1 is 1.36 bits per heavy atom. The summed E-state index contributed by atoms with van der Waals surface area (Å²) in [6, 6.07) is 1.35. The average molecular weight is 415 g/mol. The molecular weight excluding hydrogens is 391 g/mol. The van der Waals surface area contributed by atoms with Gasteiger partial charge in [0.05, 0.1) is 10.6 Å². The molecule has 1 atom stereocenters. The number of nitrogens with one attached hydrogen (secondary N) is 1. The highest BCUT2D eigenvalue weighted by Gasteiger charge is 2.57. The molecule has 0 spiro atoms. The molecule has 8 heteroatoms. The van der Waals surface area contributed by atoms with Crippen LogP contribution in [0.15, 0.2) is 6.07 Å². The van der Waals surface area contributed by atoms with Crippen molar-refractivity contribution in [1.82, 2.24) is 0 Å². The first-order valence-corrected chi connectivity index (χ1v) is 10.2. The minimum Gasteiger partial charge on any atom is -0.477 e. The van der Waals surface area contributed by atoms with Gasteiger partial charge in [0.2, 0.25) is 5.91 Å². The lowest BCUT2D eigenvalue weighted by molar-refractivity contribution is -0.225. The van der Waals surface area contributed by atoms with E-state index in [-0.39, 0.29) is 40.1 Å². The molecule has 4 nitrogen and oxygen atoms in total. The van der Waals surface area contributed by atoms with Crippen LogP contribution in [0, 0.1) is 23.2 Å². The summed E-state index contributed by atoms with van der Waals surface area (Å²) in [4.78, 5) is 23.8. The van der Waals surface area contributed by atoms with Gasteiger partial charge in [-0.25, -0.2) is 4.79 Å². The number of hydrogen-bond acceptors (Lipinski definition) is 3. The maximum atomic E-state index is 13.2. The lowest BCUT2D eigenvalue weighted by Gasteiger charge is -2.38. The van der Waals surface area contributed by atoms with Crippen LogP contribution in [0.1, 0.15) is 73.3 Å². The fourth-order valence-corrected chi connectivity index (χ4v) is 3.79. The van der Waals surface area contributed by atoms with E-state index in [2.05, 4.69) is 24.1 Å². The Balaban J connectivity index is 2.17. The number of alkyl halides is 3. The van der Waals surface area contributed by atoms with Crippen molar-refractivity contribution in [1.29, 1.82) is 0 Å². The zero-order valence-electron chi connectivity index (χ0n) is 15.9. The van der Waals surface area contributed by atoms with Crippen LogP contribution in [0.25, 0.3) is 0 Å². The molecule has 0 saturated heterocycles. The summed E-state index contributed by atoms with van der Waals surface area (Å²) in [7, 11) is 0. The Hall–Kier alpha value is -2.01. The molecule has 1 aliphatic carbocycles. The summed E-state index contributed by atoms with van der Waals surface area (Å²) >= 11 is 0.773. The first-order chi connectivity index (χ1) is 13.1. The zero-order chi connectivity index (χ0) is 20.9. The molecule has 0 radical (unpaired) electrons. The summed E-state index contributed by atoms with van der Waals surface area (Å²) in [6.45, 7) is 3.83. The predicted octanol–water partition coefficient (Wildman–Crippen LogP) is 5.69. The Kier molecular flexibility index (Phi) is 7.16. The lowest BCUT2D eigenvalue weighted by Crippen LogP contribution is -2.42. The molecule has 1 saturated carbocycles. The van der Waals surface area contributed by atoms with Gasteiger partial charge < -0.3 is 10.4 Å². The van der Waals surface area contributed by atoms with Gasteiger partial charge in [-0.2, -0.15) is 13.2 Å². The highest BCUT2D eigenvalue weighted by Crippen LogP contribution is 2.52. The normalized spacial score (nSPS) is 16.5. The largest absolute Gasteiger partial charge is 0.477 e. The molecule has 1 amide bonds. The van der Waals surface area contributed by atoms with E-state index in [1.54, 1.807) is 6.92 Å². The molecule has 154 valence electrons. The van der Waals surface area contributed by atoms with Crippen molar-refractivity contribution in [3.8, 4) is 11.8 Å². The summed E-state index contributed by atoms with van der Waals surface area (Å²) in [5, 5.41) is 11.9. The first kappa shape index (κ1) is 22.3. The molecule has 0 unspecified atom stereocenters. The lowest BCUT2D eigenvalue weighted by atomic mass is 9.69. The second-order valence-electron chi connectivity index (χ2n) is 7.23. The summed E-state index contributed by atoms with van der Waals surface area (Å²) in [6.07, 6.45) is -0.393. The van der Waals surface area contributed by atoms with Crippen LogP contribution in [0.5, 0.6) is 0 Å². The number of anilines is 1. The number of amides is 1. The van der Waals surface area contributed by atoms with Crippen molar-refractivity contribution in [2.45, 2.75) is 65.0 Å². The van der Waals surface area contributed by atoms with Gasteiger partial charge in [-0.3, -0.25) is 4.79 Å². The molecule has 28 heavy (non-hydrogen) atoms. The molecule has 1 heterocycles. The van der Waals surface area contributed by atoms with Gasteiger partial charge >= 0.3 is 12.1 Å². The smallest absolute Gasteiger partial charge is 0.405 e. The van der Waals surface area contributed by atoms with E-state index in [4.69, 9.17) is 0 Å². The molecule has 2 rings (SSSR count). The quantitative estimate of drug-likeness (QED) is 0.444. The maximum absolute atomic E-state index is 13.2. The van der Waals surface area contributed by atoms with Crippen LogP contribution in [-0.4, -0.2) is 23.2 Å². The molecule has 0 bridgehead atoms. The molecule has 1 aromatic rings. The number of carbonyl (C=O) groups excluding carboxylic acids is 1. The second-order valence-corrected chi connectivity index (χ2v) is 8.28. The van der Waals surface area contributed by atoms with E-state index in [0.29, 0.717) is 12.8 Å². The minimum atomic E-state index is -4.41. The van der Waals surface area contributed by atoms with Crippen LogP contribution in [-0.2, 0) is 4.79 Å². The van der Waals surface area contributed by atoms with E-state index in [1.165, 1.54) is 6.07 Å². The monoisotopic (exact) mass is 415 g/mol. The number of carboxylic acids is 1. The Morgan fingerprint density at radius 3 is 2.54 bits per heavy atom. The van der Waals surface area contributed by atoms with Gasteiger partial charge in [-0.1, -0.05) is 45.0 Å². The third-order valence-electron chi connectivity index (χ3n) is 5.05.